The van der Waals surface area contributed by atoms with Crippen LogP contribution in [0, 0.1) is 17.6 Å². The van der Waals surface area contributed by atoms with Crippen molar-refractivity contribution in [2.24, 2.45) is 5.92 Å². The zero-order valence-corrected chi connectivity index (χ0v) is 10.6. The van der Waals surface area contributed by atoms with Crippen LogP contribution in [0.25, 0.3) is 0 Å². The van der Waals surface area contributed by atoms with E-state index in [1.165, 1.54) is 4.90 Å². The zero-order valence-electron chi connectivity index (χ0n) is 10.6. The van der Waals surface area contributed by atoms with Gasteiger partial charge in [-0.3, -0.25) is 4.79 Å². The van der Waals surface area contributed by atoms with E-state index in [2.05, 4.69) is 0 Å². The number of hydrogen-bond donors (Lipinski definition) is 2. The number of carbonyl (C=O) groups excluding carboxylic acids is 1. The number of aliphatic hydroxyl groups is 1. The molecular formula is C13H16F2N2O2. The molecule has 2 unspecified atom stereocenters. The second-order valence-electron chi connectivity index (χ2n) is 4.94. The van der Waals surface area contributed by atoms with Crippen LogP contribution in [0.2, 0.25) is 0 Å². The van der Waals surface area contributed by atoms with Crippen LogP contribution in [-0.2, 0) is 0 Å². The van der Waals surface area contributed by atoms with Gasteiger partial charge in [0, 0.05) is 13.1 Å². The lowest BCUT2D eigenvalue weighted by molar-refractivity contribution is 0.0246. The molecule has 0 spiro atoms. The van der Waals surface area contributed by atoms with Crippen molar-refractivity contribution in [2.45, 2.75) is 19.4 Å². The summed E-state index contributed by atoms with van der Waals surface area (Å²) in [6.07, 6.45) is -0.0223. The molecule has 19 heavy (non-hydrogen) atoms. The van der Waals surface area contributed by atoms with Crippen molar-refractivity contribution in [3.8, 4) is 0 Å². The average molecular weight is 270 g/mol. The van der Waals surface area contributed by atoms with Crippen molar-refractivity contribution in [1.29, 1.82) is 0 Å². The number of nitrogens with two attached hydrogens (primary N) is 1. The Morgan fingerprint density at radius 2 is 2.16 bits per heavy atom. The highest BCUT2D eigenvalue weighted by molar-refractivity contribution is 5.95. The molecule has 0 aliphatic carbocycles. The van der Waals surface area contributed by atoms with Crippen LogP contribution in [0.3, 0.4) is 0 Å². The number of nitrogen functional groups attached to an aromatic ring is 1. The molecule has 1 aromatic rings. The number of aliphatic hydroxyl groups excluding tert-OH is 1. The van der Waals surface area contributed by atoms with E-state index in [0.717, 1.165) is 12.1 Å². The van der Waals surface area contributed by atoms with Crippen LogP contribution in [0.1, 0.15) is 23.7 Å². The molecule has 2 atom stereocenters. The molecular weight excluding hydrogens is 254 g/mol. The summed E-state index contributed by atoms with van der Waals surface area (Å²) >= 11 is 0. The Morgan fingerprint density at radius 1 is 1.47 bits per heavy atom. The molecule has 0 bridgehead atoms. The summed E-state index contributed by atoms with van der Waals surface area (Å²) in [4.78, 5) is 13.5. The first kappa shape index (κ1) is 13.7. The third-order valence-corrected chi connectivity index (χ3v) is 3.50. The van der Waals surface area contributed by atoms with E-state index in [-0.39, 0.29) is 18.0 Å². The molecule has 2 rings (SSSR count). The van der Waals surface area contributed by atoms with Gasteiger partial charge in [-0.1, -0.05) is 6.92 Å². The summed E-state index contributed by atoms with van der Waals surface area (Å²) in [5.74, 6) is -2.23. The number of piperidine rings is 1. The quantitative estimate of drug-likeness (QED) is 0.758. The number of likely N-dealkylation sites (tertiary alicyclic amines) is 1. The van der Waals surface area contributed by atoms with E-state index in [0.29, 0.717) is 13.0 Å². The summed E-state index contributed by atoms with van der Waals surface area (Å²) in [6, 6.07) is 1.66. The molecule has 4 nitrogen and oxygen atoms in total. The van der Waals surface area contributed by atoms with E-state index in [1.54, 1.807) is 0 Å². The fourth-order valence-corrected chi connectivity index (χ4v) is 2.17. The highest BCUT2D eigenvalue weighted by Gasteiger charge is 2.29. The monoisotopic (exact) mass is 270 g/mol. The number of rotatable bonds is 1. The molecule has 6 heteroatoms. The predicted molar refractivity (Wildman–Crippen MR) is 66.5 cm³/mol. The molecule has 1 aliphatic heterocycles. The molecule has 1 amide bonds. The molecule has 3 N–H and O–H groups in total. The molecule has 0 aromatic heterocycles. The topological polar surface area (TPSA) is 66.6 Å². The van der Waals surface area contributed by atoms with Gasteiger partial charge in [0.1, 0.15) is 5.82 Å². The third kappa shape index (κ3) is 2.68. The maximum Gasteiger partial charge on any atom is 0.257 e. The van der Waals surface area contributed by atoms with Crippen molar-refractivity contribution < 1.29 is 18.7 Å². The van der Waals surface area contributed by atoms with Crippen molar-refractivity contribution in [3.05, 3.63) is 29.3 Å². The Bertz CT molecular complexity index is 508. The number of anilines is 1. The van der Waals surface area contributed by atoms with Crippen LogP contribution >= 0.6 is 0 Å². The Morgan fingerprint density at radius 3 is 2.79 bits per heavy atom. The fourth-order valence-electron chi connectivity index (χ4n) is 2.17. The summed E-state index contributed by atoms with van der Waals surface area (Å²) < 4.78 is 27.0. The van der Waals surface area contributed by atoms with Crippen LogP contribution in [-0.4, -0.2) is 35.1 Å². The van der Waals surface area contributed by atoms with Gasteiger partial charge in [-0.2, -0.15) is 0 Å². The van der Waals surface area contributed by atoms with Crippen molar-refractivity contribution >= 4 is 11.6 Å². The number of halogens is 2. The van der Waals surface area contributed by atoms with E-state index in [9.17, 15) is 18.7 Å². The highest BCUT2D eigenvalue weighted by Crippen LogP contribution is 2.23. The Balaban J connectivity index is 2.25. The molecule has 1 saturated heterocycles. The number of β-amino-alcohol motifs (C(OH)–C–C–N with tert-alkyl or cyclic N) is 1. The largest absolute Gasteiger partial charge is 0.396 e. The average Bonchev–Trinajstić information content (AvgIpc) is 2.36. The maximum absolute atomic E-state index is 13.8. The first-order valence-corrected chi connectivity index (χ1v) is 6.12. The second-order valence-corrected chi connectivity index (χ2v) is 4.94. The van der Waals surface area contributed by atoms with Crippen molar-refractivity contribution in [1.82, 2.24) is 4.90 Å². The molecule has 1 aliphatic rings. The molecule has 0 radical (unpaired) electrons. The van der Waals surface area contributed by atoms with E-state index in [4.69, 9.17) is 5.73 Å². The fraction of sp³-hybridized carbons (Fsp3) is 0.462. The SMILES string of the molecule is CC1CCN(C(=O)c2cc(F)cc(N)c2F)CC1O. The van der Waals surface area contributed by atoms with E-state index in [1.807, 2.05) is 6.92 Å². The summed E-state index contributed by atoms with van der Waals surface area (Å²) in [6.45, 7) is 2.41. The minimum absolute atomic E-state index is 0.0893. The normalized spacial score (nSPS) is 23.5. The summed E-state index contributed by atoms with van der Waals surface area (Å²) in [7, 11) is 0. The lowest BCUT2D eigenvalue weighted by atomic mass is 9.95. The lowest BCUT2D eigenvalue weighted by Gasteiger charge is -2.34. The number of carbonyl (C=O) groups is 1. The molecule has 0 saturated carbocycles. The van der Waals surface area contributed by atoms with Crippen molar-refractivity contribution in [3.63, 3.8) is 0 Å². The molecule has 104 valence electrons. The molecule has 1 heterocycles. The number of amides is 1. The minimum atomic E-state index is -0.917. The number of benzene rings is 1. The molecule has 1 fully saturated rings. The summed E-state index contributed by atoms with van der Waals surface area (Å²) in [5, 5.41) is 9.74. The lowest BCUT2D eigenvalue weighted by Crippen LogP contribution is -2.46. The number of hydrogen-bond acceptors (Lipinski definition) is 3. The zero-order chi connectivity index (χ0) is 14.2. The van der Waals surface area contributed by atoms with Gasteiger partial charge in [0.15, 0.2) is 5.82 Å². The van der Waals surface area contributed by atoms with Gasteiger partial charge in [-0.15, -0.1) is 0 Å². The van der Waals surface area contributed by atoms with Crippen LogP contribution in [0.4, 0.5) is 14.5 Å². The van der Waals surface area contributed by atoms with Gasteiger partial charge in [0.2, 0.25) is 0 Å². The molecule has 1 aromatic carbocycles. The smallest absolute Gasteiger partial charge is 0.257 e. The van der Waals surface area contributed by atoms with Gasteiger partial charge >= 0.3 is 0 Å². The second kappa shape index (κ2) is 5.13. The standard InChI is InChI=1S/C13H16F2N2O2/c1-7-2-3-17(6-11(7)18)13(19)9-4-8(14)5-10(16)12(9)15/h4-5,7,11,18H,2-3,6,16H2,1H3. The van der Waals surface area contributed by atoms with Crippen LogP contribution in [0.5, 0.6) is 0 Å². The van der Waals surface area contributed by atoms with E-state index >= 15 is 0 Å². The Kier molecular flexibility index (Phi) is 3.71. The first-order valence-electron chi connectivity index (χ1n) is 6.12. The minimum Gasteiger partial charge on any atom is -0.396 e. The van der Waals surface area contributed by atoms with Gasteiger partial charge in [-0.05, 0) is 24.5 Å². The third-order valence-electron chi connectivity index (χ3n) is 3.50. The van der Waals surface area contributed by atoms with Gasteiger partial charge in [-0.25, -0.2) is 8.78 Å². The Hall–Kier alpha value is -1.69. The van der Waals surface area contributed by atoms with Gasteiger partial charge < -0.3 is 15.7 Å². The number of nitrogens with zero attached hydrogens (tertiary/aromatic N) is 1. The van der Waals surface area contributed by atoms with E-state index < -0.39 is 29.3 Å². The van der Waals surface area contributed by atoms with Crippen LogP contribution in [0.15, 0.2) is 12.1 Å². The maximum atomic E-state index is 13.8. The summed E-state index contributed by atoms with van der Waals surface area (Å²) in [5.41, 5.74) is 4.52. The first-order chi connectivity index (χ1) is 8.90. The van der Waals surface area contributed by atoms with Gasteiger partial charge in [0.05, 0.1) is 17.4 Å². The van der Waals surface area contributed by atoms with Crippen molar-refractivity contribution in [2.75, 3.05) is 18.8 Å². The van der Waals surface area contributed by atoms with Crippen LogP contribution < -0.4 is 5.73 Å². The Labute approximate surface area is 109 Å². The predicted octanol–water partition coefficient (Wildman–Crippen LogP) is 1.39. The van der Waals surface area contributed by atoms with Gasteiger partial charge in [0.25, 0.3) is 5.91 Å². The highest BCUT2D eigenvalue weighted by atomic mass is 19.1.